The lowest BCUT2D eigenvalue weighted by Gasteiger charge is -2.19. The second-order valence-electron chi connectivity index (χ2n) is 5.35. The van der Waals surface area contributed by atoms with Gasteiger partial charge in [0.25, 0.3) is 0 Å². The number of hydrogen-bond acceptors (Lipinski definition) is 2. The fraction of sp³-hybridized carbons (Fsp3) is 0.600. The first-order valence-electron chi connectivity index (χ1n) is 6.99. The first kappa shape index (κ1) is 14.4. The van der Waals surface area contributed by atoms with Gasteiger partial charge >= 0.3 is 0 Å². The van der Waals surface area contributed by atoms with E-state index >= 15 is 0 Å². The Morgan fingerprint density at radius 3 is 2.58 bits per heavy atom. The van der Waals surface area contributed by atoms with E-state index in [0.29, 0.717) is 11.1 Å². The average Bonchev–Trinajstić information content (AvgIpc) is 2.86. The number of halogens is 2. The van der Waals surface area contributed by atoms with Crippen molar-refractivity contribution in [2.45, 2.75) is 32.7 Å². The summed E-state index contributed by atoms with van der Waals surface area (Å²) in [5.41, 5.74) is 0.759. The zero-order valence-corrected chi connectivity index (χ0v) is 11.7. The summed E-state index contributed by atoms with van der Waals surface area (Å²) in [5, 5.41) is 3.26. The van der Waals surface area contributed by atoms with Crippen LogP contribution < -0.4 is 5.32 Å². The van der Waals surface area contributed by atoms with Gasteiger partial charge in [-0.25, -0.2) is 8.78 Å². The SMILES string of the molecule is Cc1cc(F)c(C(C)NCCN2CCCC2)cc1F. The maximum Gasteiger partial charge on any atom is 0.128 e. The highest BCUT2D eigenvalue weighted by atomic mass is 19.1. The van der Waals surface area contributed by atoms with Crippen LogP contribution in [0.3, 0.4) is 0 Å². The summed E-state index contributed by atoms with van der Waals surface area (Å²) in [4.78, 5) is 2.39. The van der Waals surface area contributed by atoms with Crippen molar-refractivity contribution in [3.05, 3.63) is 34.9 Å². The zero-order chi connectivity index (χ0) is 13.8. The first-order chi connectivity index (χ1) is 9.08. The van der Waals surface area contributed by atoms with Crippen molar-refractivity contribution in [1.82, 2.24) is 10.2 Å². The summed E-state index contributed by atoms with van der Waals surface area (Å²) < 4.78 is 27.3. The Kier molecular flexibility index (Phi) is 4.88. The van der Waals surface area contributed by atoms with E-state index in [1.54, 1.807) is 6.92 Å². The summed E-state index contributed by atoms with van der Waals surface area (Å²) in [6.07, 6.45) is 2.54. The highest BCUT2D eigenvalue weighted by Gasteiger charge is 2.15. The summed E-state index contributed by atoms with van der Waals surface area (Å²) in [5.74, 6) is -0.676. The van der Waals surface area contributed by atoms with Gasteiger partial charge in [-0.3, -0.25) is 0 Å². The van der Waals surface area contributed by atoms with Crippen molar-refractivity contribution >= 4 is 0 Å². The number of rotatable bonds is 5. The number of likely N-dealkylation sites (tertiary alicyclic amines) is 1. The summed E-state index contributed by atoms with van der Waals surface area (Å²) in [6, 6.07) is 2.40. The molecular formula is C15H22F2N2. The molecule has 0 bridgehead atoms. The lowest BCUT2D eigenvalue weighted by molar-refractivity contribution is 0.329. The van der Waals surface area contributed by atoms with Crippen LogP contribution in [0, 0.1) is 18.6 Å². The number of nitrogens with one attached hydrogen (secondary N) is 1. The zero-order valence-electron chi connectivity index (χ0n) is 11.7. The molecule has 106 valence electrons. The lowest BCUT2D eigenvalue weighted by atomic mass is 10.1. The minimum Gasteiger partial charge on any atom is -0.309 e. The normalized spacial score (nSPS) is 17.9. The molecule has 1 unspecified atom stereocenters. The van der Waals surface area contributed by atoms with Crippen molar-refractivity contribution in [2.24, 2.45) is 0 Å². The quantitative estimate of drug-likeness (QED) is 0.883. The van der Waals surface area contributed by atoms with Gasteiger partial charge in [0.1, 0.15) is 11.6 Å². The van der Waals surface area contributed by atoms with E-state index < -0.39 is 0 Å². The first-order valence-corrected chi connectivity index (χ1v) is 6.99. The minimum absolute atomic E-state index is 0.169. The van der Waals surface area contributed by atoms with Crippen LogP contribution in [0.25, 0.3) is 0 Å². The average molecular weight is 268 g/mol. The summed E-state index contributed by atoms with van der Waals surface area (Å²) in [7, 11) is 0. The van der Waals surface area contributed by atoms with E-state index in [1.165, 1.54) is 25.0 Å². The molecule has 0 spiro atoms. The van der Waals surface area contributed by atoms with Crippen molar-refractivity contribution in [3.63, 3.8) is 0 Å². The Balaban J connectivity index is 1.88. The maximum absolute atomic E-state index is 13.8. The molecule has 1 aromatic carbocycles. The predicted molar refractivity (Wildman–Crippen MR) is 73.2 cm³/mol. The van der Waals surface area contributed by atoms with E-state index in [-0.39, 0.29) is 17.7 Å². The van der Waals surface area contributed by atoms with Crippen molar-refractivity contribution in [3.8, 4) is 0 Å². The molecule has 0 aromatic heterocycles. The number of benzene rings is 1. The molecular weight excluding hydrogens is 246 g/mol. The molecule has 2 rings (SSSR count). The minimum atomic E-state index is -0.343. The molecule has 1 aliphatic heterocycles. The van der Waals surface area contributed by atoms with Crippen LogP contribution in [0.15, 0.2) is 12.1 Å². The van der Waals surface area contributed by atoms with Gasteiger partial charge in [0.05, 0.1) is 0 Å². The predicted octanol–water partition coefficient (Wildman–Crippen LogP) is 3.02. The Morgan fingerprint density at radius 1 is 1.21 bits per heavy atom. The van der Waals surface area contributed by atoms with Crippen LogP contribution in [-0.2, 0) is 0 Å². The van der Waals surface area contributed by atoms with Gasteiger partial charge in [-0.1, -0.05) is 0 Å². The maximum atomic E-state index is 13.8. The fourth-order valence-electron chi connectivity index (χ4n) is 2.55. The second-order valence-corrected chi connectivity index (χ2v) is 5.35. The van der Waals surface area contributed by atoms with E-state index in [0.717, 1.165) is 26.2 Å². The van der Waals surface area contributed by atoms with Crippen molar-refractivity contribution in [2.75, 3.05) is 26.2 Å². The van der Waals surface area contributed by atoms with E-state index in [2.05, 4.69) is 10.2 Å². The number of aryl methyl sites for hydroxylation is 1. The Hall–Kier alpha value is -1.00. The van der Waals surface area contributed by atoms with Gasteiger partial charge in [0.15, 0.2) is 0 Å². The summed E-state index contributed by atoms with van der Waals surface area (Å²) >= 11 is 0. The fourth-order valence-corrected chi connectivity index (χ4v) is 2.55. The molecule has 0 saturated carbocycles. The molecule has 4 heteroatoms. The van der Waals surface area contributed by atoms with Gasteiger partial charge < -0.3 is 10.2 Å². The van der Waals surface area contributed by atoms with E-state index in [4.69, 9.17) is 0 Å². The van der Waals surface area contributed by atoms with Gasteiger partial charge in [-0.15, -0.1) is 0 Å². The molecule has 1 N–H and O–H groups in total. The summed E-state index contributed by atoms with van der Waals surface area (Å²) in [6.45, 7) is 7.54. The molecule has 0 amide bonds. The van der Waals surface area contributed by atoms with Crippen LogP contribution in [0.2, 0.25) is 0 Å². The molecule has 0 radical (unpaired) electrons. The van der Waals surface area contributed by atoms with Crippen LogP contribution >= 0.6 is 0 Å². The molecule has 1 heterocycles. The van der Waals surface area contributed by atoms with Gasteiger partial charge in [-0.2, -0.15) is 0 Å². The third-order valence-corrected chi connectivity index (χ3v) is 3.82. The lowest BCUT2D eigenvalue weighted by Crippen LogP contribution is -2.31. The Bertz CT molecular complexity index is 428. The molecule has 1 aliphatic rings. The molecule has 1 saturated heterocycles. The number of nitrogens with zero attached hydrogens (tertiary/aromatic N) is 1. The van der Waals surface area contributed by atoms with Gasteiger partial charge in [-0.05, 0) is 57.5 Å². The smallest absolute Gasteiger partial charge is 0.128 e. The van der Waals surface area contributed by atoms with Gasteiger partial charge in [0.2, 0.25) is 0 Å². The molecule has 1 aromatic rings. The van der Waals surface area contributed by atoms with Crippen molar-refractivity contribution in [1.29, 1.82) is 0 Å². The van der Waals surface area contributed by atoms with Crippen LogP contribution in [0.1, 0.15) is 36.9 Å². The third kappa shape index (κ3) is 3.74. The largest absolute Gasteiger partial charge is 0.309 e. The van der Waals surface area contributed by atoms with Crippen LogP contribution in [0.5, 0.6) is 0 Å². The highest BCUT2D eigenvalue weighted by molar-refractivity contribution is 5.27. The van der Waals surface area contributed by atoms with Gasteiger partial charge in [0, 0.05) is 24.7 Å². The molecule has 19 heavy (non-hydrogen) atoms. The van der Waals surface area contributed by atoms with E-state index in [9.17, 15) is 8.78 Å². The Morgan fingerprint density at radius 2 is 1.89 bits per heavy atom. The van der Waals surface area contributed by atoms with Crippen molar-refractivity contribution < 1.29 is 8.78 Å². The monoisotopic (exact) mass is 268 g/mol. The third-order valence-electron chi connectivity index (χ3n) is 3.82. The second kappa shape index (κ2) is 6.44. The molecule has 0 aliphatic carbocycles. The van der Waals surface area contributed by atoms with E-state index in [1.807, 2.05) is 6.92 Å². The molecule has 1 fully saturated rings. The topological polar surface area (TPSA) is 15.3 Å². The number of hydrogen-bond donors (Lipinski definition) is 1. The Labute approximate surface area is 113 Å². The molecule has 2 nitrogen and oxygen atoms in total. The van der Waals surface area contributed by atoms with Crippen LogP contribution in [0.4, 0.5) is 8.78 Å². The highest BCUT2D eigenvalue weighted by Crippen LogP contribution is 2.20. The van der Waals surface area contributed by atoms with Crippen LogP contribution in [-0.4, -0.2) is 31.1 Å². The molecule has 1 atom stereocenters. The standard InChI is InChI=1S/C15H22F2N2/c1-11-9-15(17)13(10-14(11)16)12(2)18-5-8-19-6-3-4-7-19/h9-10,12,18H,3-8H2,1-2H3.